The summed E-state index contributed by atoms with van der Waals surface area (Å²) < 4.78 is 33.0. The van der Waals surface area contributed by atoms with Gasteiger partial charge in [-0.3, -0.25) is 19.1 Å². The van der Waals surface area contributed by atoms with Crippen molar-refractivity contribution in [3.63, 3.8) is 0 Å². The Hall–Kier alpha value is -6.61. The first-order chi connectivity index (χ1) is 38.7. The quantitative estimate of drug-likeness (QED) is 0.0330. The number of likely N-dealkylation sites (tertiary alicyclic amines) is 1. The number of nitrogens with one attached hydrogen (secondary N) is 2. The predicted octanol–water partition coefficient (Wildman–Crippen LogP) is 11.6. The largest absolute Gasteiger partial charge is 0.486 e. The molecule has 1 saturated carbocycles. The van der Waals surface area contributed by atoms with Crippen LogP contribution in [0.4, 0.5) is 15.9 Å². The lowest BCUT2D eigenvalue weighted by Gasteiger charge is -2.30. The molecule has 4 aromatic carbocycles. The highest BCUT2D eigenvalue weighted by molar-refractivity contribution is 14.2. The summed E-state index contributed by atoms with van der Waals surface area (Å²) in [7, 11) is 1.80. The number of carbonyl (C=O) groups is 3. The number of aliphatic hydroxyl groups excluding tert-OH is 1. The molecule has 1 saturated heterocycles. The number of aliphatic hydroxyl groups is 1. The van der Waals surface area contributed by atoms with Gasteiger partial charge in [-0.15, -0.1) is 11.3 Å². The van der Waals surface area contributed by atoms with E-state index >= 15 is 4.39 Å². The Morgan fingerprint density at radius 3 is 2.41 bits per heavy atom. The minimum Gasteiger partial charge on any atom is -0.486 e. The SMILES string of the molecule is CCN(CC)c1nc(OCC(C)O)nc2c(OCc3ccc(-c4cn(C(C(=O)N5CCCC5C(=O)NCc5ccc(-c6scnc6C)cc5)C(C)C)nc4C=O)c(NC)c3)c(-c3c(C)c(F)cc4c3cnn4PI)c(C3CC3)cc12. The highest BCUT2D eigenvalue weighted by atomic mass is 127. The van der Waals surface area contributed by atoms with Crippen molar-refractivity contribution < 1.29 is 33.4 Å². The molecule has 0 radical (unpaired) electrons. The van der Waals surface area contributed by atoms with Crippen molar-refractivity contribution in [2.24, 2.45) is 5.92 Å². The predicted molar refractivity (Wildman–Crippen MR) is 323 cm³/mol. The molecule has 2 fully saturated rings. The van der Waals surface area contributed by atoms with Crippen LogP contribution >= 0.6 is 39.8 Å². The minimum atomic E-state index is -0.803. The fourth-order valence-corrected chi connectivity index (χ4v) is 13.3. The smallest absolute Gasteiger partial charge is 0.319 e. The number of aryl methyl sites for hydroxylation is 1. The number of carbonyl (C=O) groups excluding carboxylic acids is 3. The molecule has 10 rings (SSSR count). The van der Waals surface area contributed by atoms with E-state index in [0.717, 1.165) is 62.0 Å². The zero-order valence-electron chi connectivity index (χ0n) is 46.1. The molecular formula is C59H66FIN11O6PS. The van der Waals surface area contributed by atoms with Gasteiger partial charge in [0, 0.05) is 84.2 Å². The fourth-order valence-electron chi connectivity index (χ4n) is 10.9. The van der Waals surface area contributed by atoms with Crippen LogP contribution in [0.25, 0.3) is 54.5 Å². The molecule has 4 aromatic heterocycles. The number of amides is 2. The van der Waals surface area contributed by atoms with Crippen LogP contribution in [-0.2, 0) is 22.7 Å². The van der Waals surface area contributed by atoms with E-state index in [2.05, 4.69) is 67.6 Å². The second kappa shape index (κ2) is 24.2. The third-order valence-electron chi connectivity index (χ3n) is 15.2. The van der Waals surface area contributed by atoms with Gasteiger partial charge in [-0.1, -0.05) is 50.2 Å². The van der Waals surface area contributed by atoms with E-state index < -0.39 is 18.2 Å². The van der Waals surface area contributed by atoms with Crippen LogP contribution in [-0.4, -0.2) is 108 Å². The Morgan fingerprint density at radius 2 is 1.75 bits per heavy atom. The number of aldehydes is 1. The van der Waals surface area contributed by atoms with Crippen LogP contribution in [0, 0.1) is 25.6 Å². The Labute approximate surface area is 483 Å². The van der Waals surface area contributed by atoms with Gasteiger partial charge in [-0.25, -0.2) is 13.8 Å². The van der Waals surface area contributed by atoms with Crippen molar-refractivity contribution in [1.29, 1.82) is 0 Å². The van der Waals surface area contributed by atoms with Crippen LogP contribution in [0.2, 0.25) is 0 Å². The van der Waals surface area contributed by atoms with Gasteiger partial charge in [-0.2, -0.15) is 20.2 Å². The number of hydrogen-bond acceptors (Lipinski definition) is 14. The average Bonchev–Trinajstić information content (AvgIpc) is 3.77. The number of anilines is 2. The second-order valence-electron chi connectivity index (χ2n) is 20.9. The maximum atomic E-state index is 16.4. The van der Waals surface area contributed by atoms with Gasteiger partial charge in [0.25, 0.3) is 0 Å². The van der Waals surface area contributed by atoms with E-state index in [9.17, 15) is 19.5 Å². The number of hydrogen-bond donors (Lipinski definition) is 3. The summed E-state index contributed by atoms with van der Waals surface area (Å²) in [6.07, 6.45) is 6.81. The fraction of sp³-hybridized carbons (Fsp3) is 0.390. The van der Waals surface area contributed by atoms with Gasteiger partial charge < -0.3 is 35.0 Å². The normalized spacial score (nSPS) is 15.3. The standard InChI is InChI=1S/C59H66FIN11O6PS/c1-9-69(10-2)56-42-23-41(38-18-19-38)51(50-34(6)45(60)24-49-43(50)26-65-72(49)79-61)54(52(42)66-59(67-56)78-29-33(5)74)77-30-37-15-20-40(46(22-37)62-8)44-27-71(68-47(44)28-73)53(32(3)4)58(76)70-21-11-12-48(70)57(75)63-25-36-13-16-39(17-14-36)55-35(7)64-31-80-55/h13-17,20,22-24,26-28,31-33,38,48,53,62,74,79H,9-12,18-19,21,25,29-30H2,1-8H3,(H,63,75). The summed E-state index contributed by atoms with van der Waals surface area (Å²) in [4.78, 5) is 60.7. The summed E-state index contributed by atoms with van der Waals surface area (Å²) in [5.41, 5.74) is 11.7. The molecule has 0 bridgehead atoms. The molecule has 80 heavy (non-hydrogen) atoms. The van der Waals surface area contributed by atoms with Gasteiger partial charge in [0.2, 0.25) is 11.8 Å². The van der Waals surface area contributed by atoms with Crippen molar-refractivity contribution in [2.75, 3.05) is 43.5 Å². The Kier molecular flexibility index (Phi) is 17.2. The molecule has 418 valence electrons. The van der Waals surface area contributed by atoms with Crippen molar-refractivity contribution in [1.82, 2.24) is 44.5 Å². The number of thiazole rings is 1. The molecule has 4 atom stereocenters. The lowest BCUT2D eigenvalue weighted by Crippen LogP contribution is -2.48. The maximum Gasteiger partial charge on any atom is 0.319 e. The second-order valence-corrected chi connectivity index (χ2v) is 23.8. The van der Waals surface area contributed by atoms with Gasteiger partial charge in [0.1, 0.15) is 48.1 Å². The summed E-state index contributed by atoms with van der Waals surface area (Å²) >= 11 is 3.85. The molecule has 4 unspecified atom stereocenters. The first-order valence-electron chi connectivity index (χ1n) is 27.2. The summed E-state index contributed by atoms with van der Waals surface area (Å²) in [6, 6.07) is 16.2. The van der Waals surface area contributed by atoms with Crippen LogP contribution in [0.1, 0.15) is 111 Å². The minimum absolute atomic E-state index is 0.0333. The van der Waals surface area contributed by atoms with E-state index in [0.29, 0.717) is 95.8 Å². The number of benzene rings is 4. The Morgan fingerprint density at radius 1 is 0.988 bits per heavy atom. The molecule has 21 heteroatoms. The third kappa shape index (κ3) is 11.2. The van der Waals surface area contributed by atoms with Crippen molar-refractivity contribution >= 4 is 91.2 Å². The number of aromatic nitrogens is 7. The number of fused-ring (bicyclic) bond motifs is 2. The van der Waals surface area contributed by atoms with Crippen molar-refractivity contribution in [3.8, 4) is 44.5 Å². The number of rotatable bonds is 22. The third-order valence-corrected chi connectivity index (χ3v) is 18.1. The van der Waals surface area contributed by atoms with Gasteiger partial charge in [-0.05, 0) is 134 Å². The van der Waals surface area contributed by atoms with Crippen LogP contribution in [0.3, 0.4) is 0 Å². The first-order valence-corrected chi connectivity index (χ1v) is 32.1. The molecule has 2 amide bonds. The van der Waals surface area contributed by atoms with E-state index in [1.54, 1.807) is 60.3 Å². The van der Waals surface area contributed by atoms with Gasteiger partial charge in [0.05, 0.1) is 40.3 Å². The molecule has 8 aromatic rings. The number of ether oxygens (including phenoxy) is 2. The molecule has 17 nitrogen and oxygen atoms in total. The van der Waals surface area contributed by atoms with E-state index in [-0.39, 0.29) is 60.8 Å². The topological polar surface area (TPSA) is 195 Å². The van der Waals surface area contributed by atoms with Crippen molar-refractivity contribution in [3.05, 3.63) is 112 Å². The molecule has 0 spiro atoms. The molecule has 1 aliphatic heterocycles. The monoisotopic (exact) mass is 1230 g/mol. The zero-order valence-corrected chi connectivity index (χ0v) is 50.1. The molecule has 3 N–H and O–H groups in total. The lowest BCUT2D eigenvalue weighted by molar-refractivity contribution is -0.142. The lowest BCUT2D eigenvalue weighted by atomic mass is 9.88. The molecule has 5 heterocycles. The molecule has 1 aliphatic carbocycles. The number of halogens is 2. The van der Waals surface area contributed by atoms with Gasteiger partial charge >= 0.3 is 6.01 Å². The summed E-state index contributed by atoms with van der Waals surface area (Å²) in [6.45, 7) is 15.5. The molecular weight excluding hydrogens is 1170 g/mol. The van der Waals surface area contributed by atoms with Gasteiger partial charge in [0.15, 0.2) is 12.0 Å². The van der Waals surface area contributed by atoms with E-state index in [1.165, 1.54) is 0 Å². The Balaban J connectivity index is 0.975. The number of nitrogens with zero attached hydrogens (tertiary/aromatic N) is 9. The zero-order chi connectivity index (χ0) is 56.5. The summed E-state index contributed by atoms with van der Waals surface area (Å²) in [5.74, 6) is 0.222. The molecule has 2 aliphatic rings. The van der Waals surface area contributed by atoms with Crippen molar-refractivity contribution in [2.45, 2.75) is 111 Å². The highest BCUT2D eigenvalue weighted by Crippen LogP contribution is 2.54. The maximum absolute atomic E-state index is 16.4. The van der Waals surface area contributed by atoms with Crippen LogP contribution in [0.5, 0.6) is 11.8 Å². The van der Waals surface area contributed by atoms with Crippen LogP contribution < -0.4 is 25.0 Å². The van der Waals surface area contributed by atoms with Crippen LogP contribution in [0.15, 0.2) is 72.5 Å². The first kappa shape index (κ1) is 56.7. The van der Waals surface area contributed by atoms with E-state index in [4.69, 9.17) is 24.5 Å². The van der Waals surface area contributed by atoms with E-state index in [1.807, 2.05) is 73.2 Å². The highest BCUT2D eigenvalue weighted by Gasteiger charge is 2.40. The summed E-state index contributed by atoms with van der Waals surface area (Å²) in [5, 5.41) is 27.7. The average molecular weight is 1230 g/mol. The Bertz CT molecular complexity index is 3620.